The molecule has 2 aromatic heterocycles. The predicted octanol–water partition coefficient (Wildman–Crippen LogP) is 2.13. The maximum atomic E-state index is 12.3. The van der Waals surface area contributed by atoms with Crippen molar-refractivity contribution in [3.8, 4) is 0 Å². The molecule has 126 valence electrons. The molecule has 3 heterocycles. The van der Waals surface area contributed by atoms with Crippen LogP contribution in [0.5, 0.6) is 0 Å². The molecule has 0 spiro atoms. The smallest absolute Gasteiger partial charge is 0.258 e. The third-order valence-electron chi connectivity index (χ3n) is 4.50. The van der Waals surface area contributed by atoms with Gasteiger partial charge in [0.25, 0.3) is 5.56 Å². The first kappa shape index (κ1) is 17.9. The van der Waals surface area contributed by atoms with E-state index < -0.39 is 0 Å². The molecule has 0 aliphatic carbocycles. The second kappa shape index (κ2) is 7.43. The zero-order chi connectivity index (χ0) is 15.7. The molecule has 2 aromatic rings. The molecule has 0 amide bonds. The number of aryl methyl sites for hydroxylation is 1. The van der Waals surface area contributed by atoms with E-state index in [4.69, 9.17) is 5.73 Å². The van der Waals surface area contributed by atoms with Gasteiger partial charge in [0.2, 0.25) is 0 Å². The summed E-state index contributed by atoms with van der Waals surface area (Å²) in [6.07, 6.45) is 5.38. The van der Waals surface area contributed by atoms with Crippen LogP contribution in [-0.2, 0) is 6.54 Å². The Hall–Kier alpha value is -1.43. The summed E-state index contributed by atoms with van der Waals surface area (Å²) < 4.78 is 1.61. The highest BCUT2D eigenvalue weighted by Crippen LogP contribution is 2.20. The van der Waals surface area contributed by atoms with E-state index in [1.165, 1.54) is 12.8 Å². The molecule has 1 fully saturated rings. The van der Waals surface area contributed by atoms with Crippen LogP contribution in [0.25, 0.3) is 5.65 Å². The molecular weight excluding hydrogens is 312 g/mol. The number of halogens is 1. The van der Waals surface area contributed by atoms with Gasteiger partial charge in [-0.1, -0.05) is 12.5 Å². The molecule has 23 heavy (non-hydrogen) atoms. The van der Waals surface area contributed by atoms with Gasteiger partial charge in [-0.05, 0) is 44.9 Å². The lowest BCUT2D eigenvalue weighted by Crippen LogP contribution is -2.48. The summed E-state index contributed by atoms with van der Waals surface area (Å²) in [5, 5.41) is 0. The number of nitrogens with zero attached hydrogens (tertiary/aromatic N) is 3. The summed E-state index contributed by atoms with van der Waals surface area (Å²) in [6.45, 7) is 5.77. The van der Waals surface area contributed by atoms with Gasteiger partial charge in [-0.3, -0.25) is 14.1 Å². The maximum absolute atomic E-state index is 12.3. The fourth-order valence-electron chi connectivity index (χ4n) is 3.36. The fraction of sp³-hybridized carbons (Fsp3) is 0.529. The third kappa shape index (κ3) is 3.91. The quantitative estimate of drug-likeness (QED) is 0.932. The van der Waals surface area contributed by atoms with Crippen LogP contribution in [0, 0.1) is 6.92 Å². The summed E-state index contributed by atoms with van der Waals surface area (Å²) in [5.41, 5.74) is 8.70. The van der Waals surface area contributed by atoms with Crippen molar-refractivity contribution in [1.29, 1.82) is 0 Å². The predicted molar refractivity (Wildman–Crippen MR) is 95.1 cm³/mol. The van der Waals surface area contributed by atoms with Crippen molar-refractivity contribution in [2.24, 2.45) is 5.73 Å². The van der Waals surface area contributed by atoms with E-state index in [0.29, 0.717) is 18.2 Å². The summed E-state index contributed by atoms with van der Waals surface area (Å²) in [5.74, 6) is 0. The van der Waals surface area contributed by atoms with Crippen LogP contribution in [0.4, 0.5) is 0 Å². The largest absolute Gasteiger partial charge is 0.327 e. The van der Waals surface area contributed by atoms with Crippen LogP contribution in [-0.4, -0.2) is 32.9 Å². The van der Waals surface area contributed by atoms with Crippen molar-refractivity contribution in [3.63, 3.8) is 0 Å². The van der Waals surface area contributed by atoms with Crippen molar-refractivity contribution in [2.75, 3.05) is 6.54 Å². The minimum absolute atomic E-state index is 0. The van der Waals surface area contributed by atoms with Gasteiger partial charge in [-0.15, -0.1) is 12.4 Å². The highest BCUT2D eigenvalue weighted by Gasteiger charge is 2.25. The zero-order valence-corrected chi connectivity index (χ0v) is 14.6. The summed E-state index contributed by atoms with van der Waals surface area (Å²) in [6, 6.07) is 6.06. The first-order valence-electron chi connectivity index (χ1n) is 8.03. The van der Waals surface area contributed by atoms with Gasteiger partial charge in [0.15, 0.2) is 0 Å². The highest BCUT2D eigenvalue weighted by atomic mass is 35.5. The Bertz CT molecular complexity index is 728. The van der Waals surface area contributed by atoms with E-state index in [1.807, 2.05) is 25.3 Å². The standard InChI is InChI=1S/C17H24N4O.ClH/c1-12-6-7-16-19-14(9-17(22)21(16)10-12)11-20-8-4-3-5-15(20)13(2)18;/h6-7,9-10,13,15H,3-5,8,11,18H2,1-2H3;1H. The lowest BCUT2D eigenvalue weighted by molar-refractivity contribution is 0.121. The van der Waals surface area contributed by atoms with Gasteiger partial charge >= 0.3 is 0 Å². The Morgan fingerprint density at radius 2 is 2.17 bits per heavy atom. The number of nitrogens with two attached hydrogens (primary N) is 1. The molecule has 2 N–H and O–H groups in total. The van der Waals surface area contributed by atoms with Crippen LogP contribution < -0.4 is 11.3 Å². The van der Waals surface area contributed by atoms with Gasteiger partial charge in [0.1, 0.15) is 5.65 Å². The van der Waals surface area contributed by atoms with Crippen LogP contribution in [0.2, 0.25) is 0 Å². The maximum Gasteiger partial charge on any atom is 0.258 e. The molecule has 1 aliphatic rings. The molecule has 2 atom stereocenters. The molecule has 5 nitrogen and oxygen atoms in total. The molecule has 0 radical (unpaired) electrons. The lowest BCUT2D eigenvalue weighted by atomic mass is 9.97. The van der Waals surface area contributed by atoms with E-state index in [1.54, 1.807) is 10.5 Å². The number of hydrogen-bond donors (Lipinski definition) is 1. The van der Waals surface area contributed by atoms with Crippen molar-refractivity contribution in [3.05, 3.63) is 46.0 Å². The van der Waals surface area contributed by atoms with Crippen molar-refractivity contribution >= 4 is 18.1 Å². The highest BCUT2D eigenvalue weighted by molar-refractivity contribution is 5.85. The van der Waals surface area contributed by atoms with Crippen molar-refractivity contribution in [1.82, 2.24) is 14.3 Å². The first-order chi connectivity index (χ1) is 10.5. The normalized spacial score (nSPS) is 20.2. The first-order valence-corrected chi connectivity index (χ1v) is 8.03. The van der Waals surface area contributed by atoms with Gasteiger partial charge in [-0.2, -0.15) is 0 Å². The van der Waals surface area contributed by atoms with E-state index in [9.17, 15) is 4.79 Å². The molecular formula is C17H25ClN4O. The van der Waals surface area contributed by atoms with Gasteiger partial charge in [-0.25, -0.2) is 4.98 Å². The van der Waals surface area contributed by atoms with Crippen LogP contribution in [0.15, 0.2) is 29.2 Å². The minimum Gasteiger partial charge on any atom is -0.327 e. The Balaban J connectivity index is 0.00000192. The second-order valence-corrected chi connectivity index (χ2v) is 6.41. The number of pyridine rings is 1. The number of hydrogen-bond acceptors (Lipinski definition) is 4. The summed E-state index contributed by atoms with van der Waals surface area (Å²) in [4.78, 5) is 19.3. The molecule has 6 heteroatoms. The molecule has 0 saturated carbocycles. The fourth-order valence-corrected chi connectivity index (χ4v) is 3.36. The van der Waals surface area contributed by atoms with Crippen LogP contribution in [0.3, 0.4) is 0 Å². The van der Waals surface area contributed by atoms with Gasteiger partial charge in [0.05, 0.1) is 5.69 Å². The number of likely N-dealkylation sites (tertiary alicyclic amines) is 1. The van der Waals surface area contributed by atoms with E-state index in [-0.39, 0.29) is 24.0 Å². The van der Waals surface area contributed by atoms with Crippen LogP contribution >= 0.6 is 12.4 Å². The van der Waals surface area contributed by atoms with Crippen molar-refractivity contribution in [2.45, 2.75) is 51.7 Å². The Labute approximate surface area is 142 Å². The number of piperidine rings is 1. The molecule has 0 bridgehead atoms. The second-order valence-electron chi connectivity index (χ2n) is 6.41. The zero-order valence-electron chi connectivity index (χ0n) is 13.7. The lowest BCUT2D eigenvalue weighted by Gasteiger charge is -2.37. The number of fused-ring (bicyclic) bond motifs is 1. The molecule has 1 aliphatic heterocycles. The van der Waals surface area contributed by atoms with E-state index in [0.717, 1.165) is 24.2 Å². The van der Waals surface area contributed by atoms with E-state index in [2.05, 4.69) is 16.8 Å². The van der Waals surface area contributed by atoms with Gasteiger partial charge in [0, 0.05) is 30.9 Å². The molecule has 2 unspecified atom stereocenters. The monoisotopic (exact) mass is 336 g/mol. The Kier molecular flexibility index (Phi) is 5.79. The van der Waals surface area contributed by atoms with Crippen molar-refractivity contribution < 1.29 is 0 Å². The minimum atomic E-state index is -0.0157. The van der Waals surface area contributed by atoms with E-state index >= 15 is 0 Å². The molecule has 1 saturated heterocycles. The third-order valence-corrected chi connectivity index (χ3v) is 4.50. The Morgan fingerprint density at radius 3 is 2.91 bits per heavy atom. The SMILES string of the molecule is Cc1ccc2nc(CN3CCCCC3C(C)N)cc(=O)n2c1.Cl. The topological polar surface area (TPSA) is 63.6 Å². The molecule has 3 rings (SSSR count). The summed E-state index contributed by atoms with van der Waals surface area (Å²) >= 11 is 0. The average molecular weight is 337 g/mol. The average Bonchev–Trinajstić information content (AvgIpc) is 2.48. The van der Waals surface area contributed by atoms with Crippen LogP contribution in [0.1, 0.15) is 37.4 Å². The van der Waals surface area contributed by atoms with Gasteiger partial charge < -0.3 is 5.73 Å². The Morgan fingerprint density at radius 1 is 1.39 bits per heavy atom. The summed E-state index contributed by atoms with van der Waals surface area (Å²) in [7, 11) is 0. The number of aromatic nitrogens is 2. The number of rotatable bonds is 3. The molecule has 0 aromatic carbocycles.